The second-order valence-corrected chi connectivity index (χ2v) is 5.11. The van der Waals surface area contributed by atoms with Crippen molar-refractivity contribution in [3.05, 3.63) is 23.2 Å². The van der Waals surface area contributed by atoms with Gasteiger partial charge in [0.2, 0.25) is 11.8 Å². The lowest BCUT2D eigenvalue weighted by Gasteiger charge is -2.18. The number of amides is 2. The van der Waals surface area contributed by atoms with E-state index >= 15 is 0 Å². The number of hydrogen-bond acceptors (Lipinski definition) is 4. The van der Waals surface area contributed by atoms with Crippen LogP contribution in [0.2, 0.25) is 5.02 Å². The molecule has 1 aliphatic rings. The van der Waals surface area contributed by atoms with Gasteiger partial charge in [-0.3, -0.25) is 14.5 Å². The first kappa shape index (κ1) is 14.6. The third kappa shape index (κ3) is 4.11. The molecule has 2 amide bonds. The van der Waals surface area contributed by atoms with Gasteiger partial charge < -0.3 is 16.4 Å². The number of anilines is 2. The van der Waals surface area contributed by atoms with Crippen molar-refractivity contribution in [3.8, 4) is 0 Å². The number of nitrogens with two attached hydrogens (primary N) is 1. The molecule has 0 unspecified atom stereocenters. The molecule has 0 bridgehead atoms. The normalized spacial score (nSPS) is 16.4. The molecule has 6 nitrogen and oxygen atoms in total. The van der Waals surface area contributed by atoms with Gasteiger partial charge >= 0.3 is 0 Å². The molecule has 0 atom stereocenters. The maximum Gasteiger partial charge on any atom is 0.238 e. The maximum atomic E-state index is 12.0. The first-order chi connectivity index (χ1) is 9.54. The Labute approximate surface area is 122 Å². The summed E-state index contributed by atoms with van der Waals surface area (Å²) < 4.78 is 0. The molecule has 2 rings (SSSR count). The van der Waals surface area contributed by atoms with Crippen molar-refractivity contribution in [1.82, 2.24) is 10.2 Å². The van der Waals surface area contributed by atoms with Gasteiger partial charge in [-0.2, -0.15) is 0 Å². The molecule has 1 saturated heterocycles. The lowest BCUT2D eigenvalue weighted by molar-refractivity contribution is -0.122. The number of carbonyl (C=O) groups excluding carboxylic acids is 2. The monoisotopic (exact) mass is 296 g/mol. The summed E-state index contributed by atoms with van der Waals surface area (Å²) in [7, 11) is 0. The number of nitrogen functional groups attached to an aromatic ring is 1. The summed E-state index contributed by atoms with van der Waals surface area (Å²) in [6, 6.07) is 4.90. The molecular formula is C13H17ClN4O2. The molecule has 1 heterocycles. The molecule has 1 aromatic carbocycles. The van der Waals surface area contributed by atoms with Crippen molar-refractivity contribution in [2.75, 3.05) is 37.2 Å². The van der Waals surface area contributed by atoms with Crippen LogP contribution < -0.4 is 16.4 Å². The fourth-order valence-corrected chi connectivity index (χ4v) is 2.20. The van der Waals surface area contributed by atoms with E-state index in [1.807, 2.05) is 0 Å². The Morgan fingerprint density at radius 3 is 3.10 bits per heavy atom. The number of carbonyl (C=O) groups is 2. The number of nitrogens with zero attached hydrogens (tertiary/aromatic N) is 1. The van der Waals surface area contributed by atoms with Crippen molar-refractivity contribution < 1.29 is 9.59 Å². The van der Waals surface area contributed by atoms with Crippen molar-refractivity contribution in [2.24, 2.45) is 0 Å². The number of halogens is 1. The summed E-state index contributed by atoms with van der Waals surface area (Å²) in [6.07, 6.45) is 0.831. The fraction of sp³-hybridized carbons (Fsp3) is 0.385. The molecule has 108 valence electrons. The molecule has 1 aliphatic heterocycles. The van der Waals surface area contributed by atoms with E-state index in [0.717, 1.165) is 6.42 Å². The highest BCUT2D eigenvalue weighted by atomic mass is 35.5. The predicted molar refractivity (Wildman–Crippen MR) is 78.6 cm³/mol. The van der Waals surface area contributed by atoms with Crippen LogP contribution in [0, 0.1) is 0 Å². The maximum absolute atomic E-state index is 12.0. The summed E-state index contributed by atoms with van der Waals surface area (Å²) in [5.74, 6) is -0.274. The number of hydrogen-bond donors (Lipinski definition) is 3. The van der Waals surface area contributed by atoms with E-state index in [-0.39, 0.29) is 24.9 Å². The lowest BCUT2D eigenvalue weighted by Crippen LogP contribution is -2.38. The number of nitrogens with one attached hydrogen (secondary N) is 2. The molecule has 4 N–H and O–H groups in total. The highest BCUT2D eigenvalue weighted by Crippen LogP contribution is 2.23. The average Bonchev–Trinajstić information content (AvgIpc) is 2.58. The predicted octanol–water partition coefficient (Wildman–Crippen LogP) is 0.683. The van der Waals surface area contributed by atoms with Gasteiger partial charge in [0.05, 0.1) is 23.8 Å². The van der Waals surface area contributed by atoms with Crippen LogP contribution in [0.3, 0.4) is 0 Å². The van der Waals surface area contributed by atoms with Gasteiger partial charge in [0.1, 0.15) is 0 Å². The summed E-state index contributed by atoms with van der Waals surface area (Å²) in [4.78, 5) is 25.2. The van der Waals surface area contributed by atoms with Crippen molar-refractivity contribution in [1.29, 1.82) is 0 Å². The Kier molecular flexibility index (Phi) is 4.81. The molecule has 0 saturated carbocycles. The van der Waals surface area contributed by atoms with Crippen LogP contribution in [-0.4, -0.2) is 42.9 Å². The molecular weight excluding hydrogens is 280 g/mol. The SMILES string of the molecule is Nc1ccc(Cl)c(NC(=O)CN2CCCNC(=O)C2)c1. The quantitative estimate of drug-likeness (QED) is 0.716. The van der Waals surface area contributed by atoms with Crippen LogP contribution in [0.15, 0.2) is 18.2 Å². The van der Waals surface area contributed by atoms with Gasteiger partial charge in [-0.15, -0.1) is 0 Å². The summed E-state index contributed by atoms with van der Waals surface area (Å²) in [5, 5.41) is 5.90. The van der Waals surface area contributed by atoms with Gasteiger partial charge in [0, 0.05) is 18.8 Å². The Hall–Kier alpha value is -1.79. The standard InChI is InChI=1S/C13H17ClN4O2/c14-10-3-2-9(15)6-11(10)17-13(20)8-18-5-1-4-16-12(19)7-18/h2-3,6H,1,4-5,7-8,15H2,(H,16,19)(H,17,20). The fourth-order valence-electron chi connectivity index (χ4n) is 2.03. The number of rotatable bonds is 3. The van der Waals surface area contributed by atoms with Crippen molar-refractivity contribution in [3.63, 3.8) is 0 Å². The number of benzene rings is 1. The van der Waals surface area contributed by atoms with E-state index in [1.165, 1.54) is 0 Å². The molecule has 20 heavy (non-hydrogen) atoms. The van der Waals surface area contributed by atoms with Crippen LogP contribution >= 0.6 is 11.6 Å². The topological polar surface area (TPSA) is 87.5 Å². The molecule has 1 fully saturated rings. The van der Waals surface area contributed by atoms with E-state index in [9.17, 15) is 9.59 Å². The summed E-state index contributed by atoms with van der Waals surface area (Å²) in [5.41, 5.74) is 6.66. The van der Waals surface area contributed by atoms with Crippen LogP contribution in [0.25, 0.3) is 0 Å². The third-order valence-electron chi connectivity index (χ3n) is 2.97. The van der Waals surface area contributed by atoms with E-state index in [1.54, 1.807) is 23.1 Å². The van der Waals surface area contributed by atoms with Gasteiger partial charge in [0.15, 0.2) is 0 Å². The molecule has 0 spiro atoms. The third-order valence-corrected chi connectivity index (χ3v) is 3.30. The zero-order valence-electron chi connectivity index (χ0n) is 11.0. The first-order valence-corrected chi connectivity index (χ1v) is 6.76. The Bertz CT molecular complexity index is 521. The Morgan fingerprint density at radius 1 is 1.50 bits per heavy atom. The minimum absolute atomic E-state index is 0.0581. The average molecular weight is 297 g/mol. The molecule has 1 aromatic rings. The molecule has 0 aromatic heterocycles. The lowest BCUT2D eigenvalue weighted by atomic mass is 10.2. The second-order valence-electron chi connectivity index (χ2n) is 4.70. The van der Waals surface area contributed by atoms with E-state index in [0.29, 0.717) is 29.5 Å². The minimum Gasteiger partial charge on any atom is -0.399 e. The van der Waals surface area contributed by atoms with Crippen LogP contribution in [-0.2, 0) is 9.59 Å². The van der Waals surface area contributed by atoms with Crippen molar-refractivity contribution >= 4 is 34.8 Å². The molecule has 0 radical (unpaired) electrons. The van der Waals surface area contributed by atoms with Crippen molar-refractivity contribution in [2.45, 2.75) is 6.42 Å². The smallest absolute Gasteiger partial charge is 0.238 e. The largest absolute Gasteiger partial charge is 0.399 e. The van der Waals surface area contributed by atoms with Gasteiger partial charge in [-0.25, -0.2) is 0 Å². The van der Waals surface area contributed by atoms with Crippen LogP contribution in [0.5, 0.6) is 0 Å². The molecule has 7 heteroatoms. The minimum atomic E-state index is -0.216. The Morgan fingerprint density at radius 2 is 2.30 bits per heavy atom. The zero-order chi connectivity index (χ0) is 14.5. The molecule has 0 aliphatic carbocycles. The zero-order valence-corrected chi connectivity index (χ0v) is 11.7. The van der Waals surface area contributed by atoms with E-state index < -0.39 is 0 Å². The van der Waals surface area contributed by atoms with Crippen LogP contribution in [0.1, 0.15) is 6.42 Å². The van der Waals surface area contributed by atoms with Crippen LogP contribution in [0.4, 0.5) is 11.4 Å². The van der Waals surface area contributed by atoms with E-state index in [4.69, 9.17) is 17.3 Å². The van der Waals surface area contributed by atoms with Gasteiger partial charge in [-0.1, -0.05) is 11.6 Å². The summed E-state index contributed by atoms with van der Waals surface area (Å²) in [6.45, 7) is 1.74. The van der Waals surface area contributed by atoms with Gasteiger partial charge in [-0.05, 0) is 24.6 Å². The highest BCUT2D eigenvalue weighted by molar-refractivity contribution is 6.33. The Balaban J connectivity index is 1.94. The van der Waals surface area contributed by atoms with E-state index in [2.05, 4.69) is 10.6 Å². The van der Waals surface area contributed by atoms with Gasteiger partial charge in [0.25, 0.3) is 0 Å². The summed E-state index contributed by atoms with van der Waals surface area (Å²) >= 11 is 5.98. The highest BCUT2D eigenvalue weighted by Gasteiger charge is 2.17. The second kappa shape index (κ2) is 6.58. The first-order valence-electron chi connectivity index (χ1n) is 6.38.